The smallest absolute Gasteiger partial charge is 0.0597 e. The molecule has 0 amide bonds. The summed E-state index contributed by atoms with van der Waals surface area (Å²) in [6.07, 6.45) is 5.14. The quantitative estimate of drug-likeness (QED) is 0.870. The highest BCUT2D eigenvalue weighted by Crippen LogP contribution is 2.34. The largest absolute Gasteiger partial charge is 0.375 e. The molecule has 0 aliphatic carbocycles. The molecular formula is C14H22N2O. The number of nitrogens with zero attached hydrogens (tertiary/aromatic N) is 1. The Hall–Kier alpha value is -0.930. The third kappa shape index (κ3) is 2.67. The zero-order chi connectivity index (χ0) is 12.4. The van der Waals surface area contributed by atoms with Gasteiger partial charge in [0.2, 0.25) is 0 Å². The first-order valence-electron chi connectivity index (χ1n) is 6.39. The molecule has 0 spiro atoms. The molecule has 1 aromatic rings. The molecule has 2 rings (SSSR count). The van der Waals surface area contributed by atoms with Crippen molar-refractivity contribution in [2.45, 2.75) is 45.4 Å². The number of hydrogen-bond acceptors (Lipinski definition) is 3. The Balaban J connectivity index is 2.03. The molecule has 2 N–H and O–H groups in total. The normalized spacial score (nSPS) is 34.8. The molecule has 94 valence electrons. The van der Waals surface area contributed by atoms with Crippen LogP contribution in [0.5, 0.6) is 0 Å². The predicted molar refractivity (Wildman–Crippen MR) is 68.6 cm³/mol. The lowest BCUT2D eigenvalue weighted by atomic mass is 9.81. The lowest BCUT2D eigenvalue weighted by molar-refractivity contribution is 0.0490. The van der Waals surface area contributed by atoms with Gasteiger partial charge < -0.3 is 10.5 Å². The Morgan fingerprint density at radius 3 is 2.65 bits per heavy atom. The molecule has 5 atom stereocenters. The standard InChI is InChI=1S/C14H22N2O/c1-9-10(2)17-11(3)14(9)13(15)7-12-5-4-6-16-8-12/h4-6,8-11,13-14H,7,15H2,1-3H3. The summed E-state index contributed by atoms with van der Waals surface area (Å²) >= 11 is 0. The lowest BCUT2D eigenvalue weighted by Gasteiger charge is -2.25. The number of hydrogen-bond donors (Lipinski definition) is 1. The van der Waals surface area contributed by atoms with Crippen molar-refractivity contribution < 1.29 is 4.74 Å². The van der Waals surface area contributed by atoms with Crippen LogP contribution >= 0.6 is 0 Å². The molecule has 0 radical (unpaired) electrons. The Kier molecular flexibility index (Phi) is 3.79. The van der Waals surface area contributed by atoms with Gasteiger partial charge in [-0.05, 0) is 37.8 Å². The van der Waals surface area contributed by atoms with Crippen molar-refractivity contribution in [3.63, 3.8) is 0 Å². The Bertz CT molecular complexity index is 354. The van der Waals surface area contributed by atoms with Crippen LogP contribution in [-0.2, 0) is 11.2 Å². The van der Waals surface area contributed by atoms with Crippen molar-refractivity contribution in [2.75, 3.05) is 0 Å². The molecule has 0 saturated carbocycles. The molecule has 1 saturated heterocycles. The van der Waals surface area contributed by atoms with Crippen LogP contribution in [0.15, 0.2) is 24.5 Å². The number of ether oxygens (including phenoxy) is 1. The first kappa shape index (κ1) is 12.5. The minimum absolute atomic E-state index is 0.147. The molecule has 17 heavy (non-hydrogen) atoms. The highest BCUT2D eigenvalue weighted by atomic mass is 16.5. The summed E-state index contributed by atoms with van der Waals surface area (Å²) in [7, 11) is 0. The van der Waals surface area contributed by atoms with Crippen molar-refractivity contribution in [3.05, 3.63) is 30.1 Å². The Morgan fingerprint density at radius 2 is 2.12 bits per heavy atom. The van der Waals surface area contributed by atoms with E-state index in [-0.39, 0.29) is 12.1 Å². The average molecular weight is 234 g/mol. The number of aromatic nitrogens is 1. The van der Waals surface area contributed by atoms with Gasteiger partial charge in [0.15, 0.2) is 0 Å². The van der Waals surface area contributed by atoms with Gasteiger partial charge >= 0.3 is 0 Å². The van der Waals surface area contributed by atoms with Crippen LogP contribution < -0.4 is 5.73 Å². The van der Waals surface area contributed by atoms with Crippen LogP contribution in [0.25, 0.3) is 0 Å². The molecule has 1 fully saturated rings. The maximum Gasteiger partial charge on any atom is 0.0597 e. The average Bonchev–Trinajstić information content (AvgIpc) is 2.54. The van der Waals surface area contributed by atoms with Gasteiger partial charge in [0.1, 0.15) is 0 Å². The van der Waals surface area contributed by atoms with E-state index in [1.165, 1.54) is 5.56 Å². The molecule has 1 aliphatic heterocycles. The van der Waals surface area contributed by atoms with Crippen LogP contribution in [0.1, 0.15) is 26.3 Å². The molecule has 3 nitrogen and oxygen atoms in total. The van der Waals surface area contributed by atoms with Crippen LogP contribution in [0.2, 0.25) is 0 Å². The summed E-state index contributed by atoms with van der Waals surface area (Å²) in [6, 6.07) is 4.19. The van der Waals surface area contributed by atoms with E-state index in [0.717, 1.165) is 6.42 Å². The molecule has 2 heterocycles. The van der Waals surface area contributed by atoms with Crippen LogP contribution in [0.4, 0.5) is 0 Å². The highest BCUT2D eigenvalue weighted by Gasteiger charge is 2.40. The predicted octanol–water partition coefficient (Wildman–Crippen LogP) is 2.01. The first-order chi connectivity index (χ1) is 8.09. The van der Waals surface area contributed by atoms with E-state index in [1.807, 2.05) is 12.3 Å². The molecule has 0 aromatic carbocycles. The Labute approximate surface area is 103 Å². The summed E-state index contributed by atoms with van der Waals surface area (Å²) in [5.41, 5.74) is 7.55. The lowest BCUT2D eigenvalue weighted by Crippen LogP contribution is -2.39. The van der Waals surface area contributed by atoms with Crippen molar-refractivity contribution in [3.8, 4) is 0 Å². The molecular weight excluding hydrogens is 212 g/mol. The molecule has 1 aromatic heterocycles. The summed E-state index contributed by atoms with van der Waals surface area (Å²) in [4.78, 5) is 4.13. The van der Waals surface area contributed by atoms with Crippen molar-refractivity contribution >= 4 is 0 Å². The summed E-state index contributed by atoms with van der Waals surface area (Å²) in [6.45, 7) is 6.51. The van der Waals surface area contributed by atoms with E-state index in [9.17, 15) is 0 Å². The third-order valence-corrected chi connectivity index (χ3v) is 4.01. The van der Waals surface area contributed by atoms with E-state index < -0.39 is 0 Å². The summed E-state index contributed by atoms with van der Waals surface area (Å²) < 4.78 is 5.85. The van der Waals surface area contributed by atoms with Gasteiger partial charge in [-0.25, -0.2) is 0 Å². The van der Waals surface area contributed by atoms with E-state index >= 15 is 0 Å². The number of pyridine rings is 1. The number of rotatable bonds is 3. The maximum atomic E-state index is 6.35. The summed E-state index contributed by atoms with van der Waals surface area (Å²) in [5, 5.41) is 0. The van der Waals surface area contributed by atoms with Crippen LogP contribution in [0, 0.1) is 11.8 Å². The van der Waals surface area contributed by atoms with Crippen molar-refractivity contribution in [1.29, 1.82) is 0 Å². The fourth-order valence-corrected chi connectivity index (χ4v) is 2.96. The van der Waals surface area contributed by atoms with E-state index in [2.05, 4.69) is 31.8 Å². The molecule has 3 heteroatoms. The van der Waals surface area contributed by atoms with Gasteiger partial charge in [-0.1, -0.05) is 13.0 Å². The fraction of sp³-hybridized carbons (Fsp3) is 0.643. The van der Waals surface area contributed by atoms with Gasteiger partial charge in [-0.15, -0.1) is 0 Å². The van der Waals surface area contributed by atoms with Crippen molar-refractivity contribution in [1.82, 2.24) is 4.98 Å². The second kappa shape index (κ2) is 5.15. The second-order valence-electron chi connectivity index (χ2n) is 5.21. The van der Waals surface area contributed by atoms with Crippen LogP contribution in [0.3, 0.4) is 0 Å². The van der Waals surface area contributed by atoms with E-state index in [1.54, 1.807) is 6.20 Å². The van der Waals surface area contributed by atoms with E-state index in [4.69, 9.17) is 10.5 Å². The minimum atomic E-state index is 0.147. The van der Waals surface area contributed by atoms with Gasteiger partial charge in [0.05, 0.1) is 12.2 Å². The molecule has 0 bridgehead atoms. The molecule has 1 aliphatic rings. The van der Waals surface area contributed by atoms with Gasteiger partial charge in [0, 0.05) is 24.4 Å². The topological polar surface area (TPSA) is 48.1 Å². The zero-order valence-corrected chi connectivity index (χ0v) is 10.8. The third-order valence-electron chi connectivity index (χ3n) is 4.01. The fourth-order valence-electron chi connectivity index (χ4n) is 2.96. The summed E-state index contributed by atoms with van der Waals surface area (Å²) in [5.74, 6) is 0.960. The highest BCUT2D eigenvalue weighted by molar-refractivity contribution is 5.11. The van der Waals surface area contributed by atoms with Gasteiger partial charge in [0.25, 0.3) is 0 Å². The minimum Gasteiger partial charge on any atom is -0.375 e. The monoisotopic (exact) mass is 234 g/mol. The second-order valence-corrected chi connectivity index (χ2v) is 5.21. The Morgan fingerprint density at radius 1 is 1.35 bits per heavy atom. The molecule has 5 unspecified atom stereocenters. The zero-order valence-electron chi connectivity index (χ0n) is 10.8. The van der Waals surface area contributed by atoms with E-state index in [0.29, 0.717) is 17.9 Å². The van der Waals surface area contributed by atoms with Gasteiger partial charge in [-0.3, -0.25) is 4.98 Å². The number of nitrogens with two attached hydrogens (primary N) is 1. The van der Waals surface area contributed by atoms with Crippen LogP contribution in [-0.4, -0.2) is 23.2 Å². The van der Waals surface area contributed by atoms with Gasteiger partial charge in [-0.2, -0.15) is 0 Å². The van der Waals surface area contributed by atoms with Crippen molar-refractivity contribution in [2.24, 2.45) is 17.6 Å². The maximum absolute atomic E-state index is 6.35. The first-order valence-corrected chi connectivity index (χ1v) is 6.39. The SMILES string of the molecule is CC1OC(C)C(C(N)Cc2cccnc2)C1C.